The summed E-state index contributed by atoms with van der Waals surface area (Å²) in [5.74, 6) is 0.0869. The molecule has 1 heterocycles. The number of hydrogen-bond acceptors (Lipinski definition) is 4. The minimum absolute atomic E-state index is 0.0869. The number of nitrogens with zero attached hydrogens (tertiary/aromatic N) is 1. The molecule has 3 N–H and O–H groups in total. The van der Waals surface area contributed by atoms with Crippen molar-refractivity contribution in [1.82, 2.24) is 10.2 Å². The van der Waals surface area contributed by atoms with Gasteiger partial charge in [0.1, 0.15) is 0 Å². The predicted octanol–water partition coefficient (Wildman–Crippen LogP) is 2.68. The molecule has 0 aliphatic carbocycles. The summed E-state index contributed by atoms with van der Waals surface area (Å²) in [5.41, 5.74) is 4.62. The van der Waals surface area contributed by atoms with Gasteiger partial charge in [0.25, 0.3) is 0 Å². The highest BCUT2D eigenvalue weighted by Gasteiger charge is 2.20. The highest BCUT2D eigenvalue weighted by molar-refractivity contribution is 6.35. The third-order valence-electron chi connectivity index (χ3n) is 4.26. The van der Waals surface area contributed by atoms with Crippen LogP contribution in [0, 0.1) is 17.7 Å². The summed E-state index contributed by atoms with van der Waals surface area (Å²) in [6.45, 7) is 10.6. The second-order valence-corrected chi connectivity index (χ2v) is 7.56. The van der Waals surface area contributed by atoms with Crippen LogP contribution >= 0.6 is 0 Å². The molecule has 24 heavy (non-hydrogen) atoms. The van der Waals surface area contributed by atoms with E-state index in [2.05, 4.69) is 17.1 Å². The van der Waals surface area contributed by atoms with Gasteiger partial charge < -0.3 is 10.7 Å². The lowest BCUT2D eigenvalue weighted by atomic mass is 9.91. The van der Waals surface area contributed by atoms with E-state index >= 15 is 0 Å². The maximum absolute atomic E-state index is 12.0. The smallest absolute Gasteiger partial charge is 0.221 e. The fraction of sp³-hybridized carbons (Fsp3) is 0.526. The largest absolute Gasteiger partial charge is 0.351 e. The number of nitrogens with one attached hydrogen (secondary N) is 3. The third-order valence-corrected chi connectivity index (χ3v) is 4.26. The van der Waals surface area contributed by atoms with Crippen LogP contribution in [0.2, 0.25) is 0 Å². The Morgan fingerprint density at radius 2 is 2.08 bits per heavy atom. The number of aryl methyl sites for hydroxylation is 1. The second kappa shape index (κ2) is 7.26. The van der Waals surface area contributed by atoms with E-state index in [1.165, 1.54) is 16.7 Å². The van der Waals surface area contributed by atoms with Gasteiger partial charge in [0.15, 0.2) is 0 Å². The van der Waals surface area contributed by atoms with E-state index in [9.17, 15) is 4.79 Å². The van der Waals surface area contributed by atoms with Crippen LogP contribution in [0.4, 0.5) is 0 Å². The monoisotopic (exact) mass is 328 g/mol. The van der Waals surface area contributed by atoms with Gasteiger partial charge in [-0.15, -0.1) is 0 Å². The van der Waals surface area contributed by atoms with E-state index in [0.29, 0.717) is 6.42 Å². The van der Waals surface area contributed by atoms with E-state index < -0.39 is 0 Å². The first-order chi connectivity index (χ1) is 11.2. The van der Waals surface area contributed by atoms with Crippen molar-refractivity contribution in [3.63, 3.8) is 0 Å². The van der Waals surface area contributed by atoms with Crippen molar-refractivity contribution >= 4 is 17.8 Å². The van der Waals surface area contributed by atoms with E-state index in [0.717, 1.165) is 37.8 Å². The van der Waals surface area contributed by atoms with Crippen LogP contribution in [-0.4, -0.2) is 41.4 Å². The number of carbonyl (C=O) groups is 1. The first kappa shape index (κ1) is 18.3. The molecule has 0 radical (unpaired) electrons. The highest BCUT2D eigenvalue weighted by Crippen LogP contribution is 2.24. The summed E-state index contributed by atoms with van der Waals surface area (Å²) in [4.78, 5) is 14.3. The number of amides is 1. The Morgan fingerprint density at radius 3 is 2.71 bits per heavy atom. The van der Waals surface area contributed by atoms with Gasteiger partial charge in [-0.05, 0) is 62.9 Å². The molecule has 1 aliphatic heterocycles. The third kappa shape index (κ3) is 4.74. The van der Waals surface area contributed by atoms with Crippen LogP contribution in [0.1, 0.15) is 49.4 Å². The molecule has 130 valence electrons. The van der Waals surface area contributed by atoms with Crippen molar-refractivity contribution in [2.75, 3.05) is 13.1 Å². The number of fused-ring (bicyclic) bond motifs is 1. The number of benzene rings is 1. The normalized spacial score (nSPS) is 14.8. The van der Waals surface area contributed by atoms with Crippen LogP contribution in [-0.2, 0) is 17.8 Å². The highest BCUT2D eigenvalue weighted by atomic mass is 16.1. The zero-order valence-electron chi connectivity index (χ0n) is 15.1. The minimum Gasteiger partial charge on any atom is -0.351 e. The molecule has 1 aliphatic rings. The van der Waals surface area contributed by atoms with Gasteiger partial charge in [0.05, 0.1) is 5.71 Å². The Bertz CT molecular complexity index is 658. The molecule has 5 heteroatoms. The molecule has 0 unspecified atom stereocenters. The van der Waals surface area contributed by atoms with Gasteiger partial charge in [0, 0.05) is 43.4 Å². The zero-order valence-corrected chi connectivity index (χ0v) is 15.1. The predicted molar refractivity (Wildman–Crippen MR) is 98.3 cm³/mol. The average molecular weight is 328 g/mol. The van der Waals surface area contributed by atoms with E-state index in [-0.39, 0.29) is 17.2 Å². The van der Waals surface area contributed by atoms with Gasteiger partial charge in [-0.1, -0.05) is 0 Å². The van der Waals surface area contributed by atoms with Gasteiger partial charge in [-0.3, -0.25) is 15.1 Å². The van der Waals surface area contributed by atoms with Crippen LogP contribution in [0.5, 0.6) is 0 Å². The quantitative estimate of drug-likeness (QED) is 0.727. The lowest BCUT2D eigenvalue weighted by Gasteiger charge is -2.30. The first-order valence-electron chi connectivity index (χ1n) is 8.45. The lowest BCUT2D eigenvalue weighted by molar-refractivity contribution is -0.122. The fourth-order valence-electron chi connectivity index (χ4n) is 3.15. The summed E-state index contributed by atoms with van der Waals surface area (Å²) >= 11 is 0. The summed E-state index contributed by atoms with van der Waals surface area (Å²) < 4.78 is 0. The SMILES string of the molecule is Cc1cc(C(=N)C=N)cc2c1CCN(CCC(=O)NC(C)(C)C)C2. The maximum Gasteiger partial charge on any atom is 0.221 e. The van der Waals surface area contributed by atoms with E-state index in [4.69, 9.17) is 10.8 Å². The Kier molecular flexibility index (Phi) is 5.54. The maximum atomic E-state index is 12.0. The lowest BCUT2D eigenvalue weighted by Crippen LogP contribution is -2.42. The van der Waals surface area contributed by atoms with Crippen LogP contribution < -0.4 is 5.32 Å². The molecule has 5 nitrogen and oxygen atoms in total. The average Bonchev–Trinajstić information content (AvgIpc) is 2.50. The van der Waals surface area contributed by atoms with Crippen LogP contribution in [0.25, 0.3) is 0 Å². The first-order valence-corrected chi connectivity index (χ1v) is 8.45. The summed E-state index contributed by atoms with van der Waals surface area (Å²) in [5, 5.41) is 18.1. The standard InChI is InChI=1S/C19H28N4O/c1-13-9-14(17(21)11-20)10-15-12-23(7-5-16(13)15)8-6-18(24)22-19(2,3)4/h9-11,20-21H,5-8,12H2,1-4H3,(H,22,24). The Labute approximate surface area is 144 Å². The molecule has 0 atom stereocenters. The van der Waals surface area contributed by atoms with E-state index in [1.54, 1.807) is 0 Å². The minimum atomic E-state index is -0.190. The van der Waals surface area contributed by atoms with E-state index in [1.807, 2.05) is 32.9 Å². The Hall–Kier alpha value is -2.01. The zero-order chi connectivity index (χ0) is 17.9. The number of carbonyl (C=O) groups excluding carboxylic acids is 1. The van der Waals surface area contributed by atoms with Crippen molar-refractivity contribution in [3.8, 4) is 0 Å². The van der Waals surface area contributed by atoms with Crippen molar-refractivity contribution in [3.05, 3.63) is 34.4 Å². The molecule has 1 aromatic carbocycles. The molecule has 0 aromatic heterocycles. The van der Waals surface area contributed by atoms with Gasteiger partial charge in [-0.2, -0.15) is 0 Å². The number of hydrogen-bond donors (Lipinski definition) is 3. The molecule has 0 saturated heterocycles. The number of rotatable bonds is 5. The van der Waals surface area contributed by atoms with Crippen LogP contribution in [0.15, 0.2) is 12.1 Å². The molecule has 2 rings (SSSR count). The van der Waals surface area contributed by atoms with Gasteiger partial charge in [-0.25, -0.2) is 0 Å². The summed E-state index contributed by atoms with van der Waals surface area (Å²) in [7, 11) is 0. The van der Waals surface area contributed by atoms with Crippen molar-refractivity contribution in [2.45, 2.75) is 52.6 Å². The molecule has 0 saturated carbocycles. The molecule has 1 amide bonds. The van der Waals surface area contributed by atoms with Gasteiger partial charge >= 0.3 is 0 Å². The Balaban J connectivity index is 2.03. The van der Waals surface area contributed by atoms with Crippen LogP contribution in [0.3, 0.4) is 0 Å². The summed E-state index contributed by atoms with van der Waals surface area (Å²) in [6.07, 6.45) is 2.56. The Morgan fingerprint density at radius 1 is 1.38 bits per heavy atom. The van der Waals surface area contributed by atoms with Gasteiger partial charge in [0.2, 0.25) is 5.91 Å². The summed E-state index contributed by atoms with van der Waals surface area (Å²) in [6, 6.07) is 4.02. The van der Waals surface area contributed by atoms with Crippen molar-refractivity contribution < 1.29 is 4.79 Å². The molecule has 0 bridgehead atoms. The molecule has 0 fully saturated rings. The molecule has 0 spiro atoms. The van der Waals surface area contributed by atoms with Crippen molar-refractivity contribution in [1.29, 1.82) is 10.8 Å². The topological polar surface area (TPSA) is 80.0 Å². The fourth-order valence-corrected chi connectivity index (χ4v) is 3.15. The molecule has 1 aromatic rings. The second-order valence-electron chi connectivity index (χ2n) is 7.56. The molecular formula is C19H28N4O. The van der Waals surface area contributed by atoms with Crippen molar-refractivity contribution in [2.24, 2.45) is 0 Å². The molecular weight excluding hydrogens is 300 g/mol.